The summed E-state index contributed by atoms with van der Waals surface area (Å²) in [5.41, 5.74) is 3.45. The van der Waals surface area contributed by atoms with Crippen LogP contribution in [0.2, 0.25) is 5.02 Å². The molecule has 0 amide bonds. The number of nitrogens with zero attached hydrogens (tertiary/aromatic N) is 4. The van der Waals surface area contributed by atoms with Crippen molar-refractivity contribution in [1.29, 1.82) is 0 Å². The van der Waals surface area contributed by atoms with Crippen molar-refractivity contribution in [2.75, 3.05) is 31.6 Å². The van der Waals surface area contributed by atoms with Crippen LogP contribution < -0.4 is 5.32 Å². The minimum absolute atomic E-state index is 0.0497. The Morgan fingerprint density at radius 1 is 1.06 bits per heavy atom. The molecule has 0 aliphatic carbocycles. The molecule has 2 aromatic carbocycles. The van der Waals surface area contributed by atoms with Crippen LogP contribution in [0.15, 0.2) is 60.9 Å². The van der Waals surface area contributed by atoms with E-state index in [-0.39, 0.29) is 5.02 Å². The lowest BCUT2D eigenvalue weighted by molar-refractivity contribution is 0.0342. The summed E-state index contributed by atoms with van der Waals surface area (Å²) < 4.78 is 19.1. The molecule has 162 valence electrons. The minimum atomic E-state index is -0.464. The largest absolute Gasteiger partial charge is 0.379 e. The summed E-state index contributed by atoms with van der Waals surface area (Å²) in [5, 5.41) is 4.19. The van der Waals surface area contributed by atoms with E-state index in [9.17, 15) is 4.39 Å². The van der Waals surface area contributed by atoms with Crippen molar-refractivity contribution in [3.05, 3.63) is 77.3 Å². The number of hydrogen-bond donors (Lipinski definition) is 1. The monoisotopic (exact) mass is 449 g/mol. The average Bonchev–Trinajstić information content (AvgIpc) is 2.82. The van der Waals surface area contributed by atoms with Gasteiger partial charge in [0.15, 0.2) is 5.82 Å². The van der Waals surface area contributed by atoms with Crippen LogP contribution in [0.1, 0.15) is 5.56 Å². The molecule has 0 unspecified atom stereocenters. The van der Waals surface area contributed by atoms with E-state index in [0.29, 0.717) is 17.3 Å². The van der Waals surface area contributed by atoms with Gasteiger partial charge >= 0.3 is 0 Å². The lowest BCUT2D eigenvalue weighted by atomic mass is 10.1. The molecule has 1 N–H and O–H groups in total. The molecule has 4 aromatic rings. The summed E-state index contributed by atoms with van der Waals surface area (Å²) in [4.78, 5) is 16.1. The number of benzene rings is 2. The van der Waals surface area contributed by atoms with Crippen molar-refractivity contribution in [2.24, 2.45) is 0 Å². The zero-order valence-electron chi connectivity index (χ0n) is 17.3. The van der Waals surface area contributed by atoms with Crippen LogP contribution in [0.25, 0.3) is 22.3 Å². The molecule has 32 heavy (non-hydrogen) atoms. The molecular weight excluding hydrogens is 429 g/mol. The van der Waals surface area contributed by atoms with Gasteiger partial charge in [-0.2, -0.15) is 0 Å². The molecule has 0 spiro atoms. The van der Waals surface area contributed by atoms with Gasteiger partial charge in [-0.25, -0.2) is 14.4 Å². The van der Waals surface area contributed by atoms with Crippen LogP contribution in [0.5, 0.6) is 0 Å². The molecule has 5 rings (SSSR count). The Hall–Kier alpha value is -3.13. The van der Waals surface area contributed by atoms with Crippen LogP contribution in [0.3, 0.4) is 0 Å². The number of hydrogen-bond acceptors (Lipinski definition) is 6. The highest BCUT2D eigenvalue weighted by Gasteiger charge is 2.14. The predicted molar refractivity (Wildman–Crippen MR) is 124 cm³/mol. The fraction of sp³-hybridized carbons (Fsp3) is 0.208. The molecule has 0 radical (unpaired) electrons. The molecule has 0 saturated carbocycles. The number of anilines is 2. The zero-order valence-corrected chi connectivity index (χ0v) is 18.0. The molecule has 1 fully saturated rings. The zero-order chi connectivity index (χ0) is 21.9. The number of fused-ring (bicyclic) bond motifs is 1. The number of morpholine rings is 1. The van der Waals surface area contributed by atoms with E-state index in [2.05, 4.69) is 27.3 Å². The summed E-state index contributed by atoms with van der Waals surface area (Å²) in [5.74, 6) is 0.716. The Kier molecular flexibility index (Phi) is 5.94. The van der Waals surface area contributed by atoms with Crippen LogP contribution in [-0.4, -0.2) is 46.2 Å². The third-order valence-corrected chi connectivity index (χ3v) is 5.66. The SMILES string of the molecule is Fc1ccc(Nc2nc(-c3cccnc3)nc3cc(CN4CCOCC4)ccc23)cc1Cl. The maximum absolute atomic E-state index is 13.6. The van der Waals surface area contributed by atoms with Gasteiger partial charge in [-0.05, 0) is 48.0 Å². The van der Waals surface area contributed by atoms with Gasteiger partial charge in [-0.3, -0.25) is 9.88 Å². The van der Waals surface area contributed by atoms with Gasteiger partial charge in [-0.1, -0.05) is 17.7 Å². The smallest absolute Gasteiger partial charge is 0.163 e. The van der Waals surface area contributed by atoms with Gasteiger partial charge in [-0.15, -0.1) is 0 Å². The molecule has 2 aromatic heterocycles. The summed E-state index contributed by atoms with van der Waals surface area (Å²) in [6.07, 6.45) is 3.45. The maximum atomic E-state index is 13.6. The van der Waals surface area contributed by atoms with E-state index in [0.717, 1.165) is 49.3 Å². The number of rotatable bonds is 5. The quantitative estimate of drug-likeness (QED) is 0.459. The van der Waals surface area contributed by atoms with E-state index in [1.165, 1.54) is 11.6 Å². The number of ether oxygens (including phenoxy) is 1. The van der Waals surface area contributed by atoms with E-state index < -0.39 is 5.82 Å². The van der Waals surface area contributed by atoms with Gasteiger partial charge in [0.05, 0.1) is 23.8 Å². The number of aromatic nitrogens is 3. The molecule has 8 heteroatoms. The van der Waals surface area contributed by atoms with Crippen molar-refractivity contribution >= 4 is 34.0 Å². The Morgan fingerprint density at radius 2 is 1.94 bits per heavy atom. The summed E-state index contributed by atoms with van der Waals surface area (Å²) in [6, 6.07) is 14.5. The second-order valence-electron chi connectivity index (χ2n) is 7.63. The Bertz CT molecular complexity index is 1250. The fourth-order valence-electron chi connectivity index (χ4n) is 3.72. The third-order valence-electron chi connectivity index (χ3n) is 5.37. The molecule has 1 saturated heterocycles. The normalized spacial score (nSPS) is 14.6. The first-order chi connectivity index (χ1) is 15.7. The lowest BCUT2D eigenvalue weighted by Crippen LogP contribution is -2.35. The van der Waals surface area contributed by atoms with Crippen molar-refractivity contribution in [3.63, 3.8) is 0 Å². The van der Waals surface area contributed by atoms with Crippen molar-refractivity contribution in [1.82, 2.24) is 19.9 Å². The van der Waals surface area contributed by atoms with Gasteiger partial charge in [0.1, 0.15) is 11.6 Å². The van der Waals surface area contributed by atoms with Crippen LogP contribution in [0, 0.1) is 5.82 Å². The second-order valence-corrected chi connectivity index (χ2v) is 8.04. The molecule has 1 aliphatic rings. The van der Waals surface area contributed by atoms with E-state index in [1.54, 1.807) is 24.5 Å². The molecule has 6 nitrogen and oxygen atoms in total. The molecule has 0 bridgehead atoms. The first kappa shape index (κ1) is 20.8. The number of halogens is 2. The summed E-state index contributed by atoms with van der Waals surface area (Å²) in [7, 11) is 0. The predicted octanol–water partition coefficient (Wildman–Crippen LogP) is 5.06. The highest BCUT2D eigenvalue weighted by Crippen LogP contribution is 2.29. The fourth-order valence-corrected chi connectivity index (χ4v) is 3.90. The average molecular weight is 450 g/mol. The Labute approximate surface area is 190 Å². The van der Waals surface area contributed by atoms with Crippen molar-refractivity contribution in [3.8, 4) is 11.4 Å². The van der Waals surface area contributed by atoms with Gasteiger partial charge in [0.25, 0.3) is 0 Å². The second kappa shape index (κ2) is 9.16. The van der Waals surface area contributed by atoms with Gasteiger partial charge < -0.3 is 10.1 Å². The van der Waals surface area contributed by atoms with Crippen molar-refractivity contribution < 1.29 is 9.13 Å². The van der Waals surface area contributed by atoms with Gasteiger partial charge in [0, 0.05) is 48.7 Å². The first-order valence-corrected chi connectivity index (χ1v) is 10.8. The summed E-state index contributed by atoms with van der Waals surface area (Å²) in [6.45, 7) is 4.19. The molecule has 1 aliphatic heterocycles. The maximum Gasteiger partial charge on any atom is 0.163 e. The first-order valence-electron chi connectivity index (χ1n) is 10.4. The van der Waals surface area contributed by atoms with E-state index in [4.69, 9.17) is 26.3 Å². The standard InChI is InChI=1S/C24H21ClFN5O/c25-20-13-18(4-6-21(20)26)28-24-19-5-3-16(15-31-8-10-32-11-9-31)12-22(19)29-23(30-24)17-2-1-7-27-14-17/h1-7,12-14H,8-11,15H2,(H,28,29,30). The van der Waals surface area contributed by atoms with E-state index in [1.807, 2.05) is 18.2 Å². The minimum Gasteiger partial charge on any atom is -0.379 e. The Balaban J connectivity index is 1.56. The molecule has 3 heterocycles. The van der Waals surface area contributed by atoms with Crippen molar-refractivity contribution in [2.45, 2.75) is 6.54 Å². The van der Waals surface area contributed by atoms with E-state index >= 15 is 0 Å². The lowest BCUT2D eigenvalue weighted by Gasteiger charge is -2.26. The Morgan fingerprint density at radius 3 is 2.72 bits per heavy atom. The number of pyridine rings is 1. The van der Waals surface area contributed by atoms with Crippen LogP contribution in [-0.2, 0) is 11.3 Å². The highest BCUT2D eigenvalue weighted by atomic mass is 35.5. The molecular formula is C24H21ClFN5O. The van der Waals surface area contributed by atoms with Gasteiger partial charge in [0.2, 0.25) is 0 Å². The molecule has 0 atom stereocenters. The topological polar surface area (TPSA) is 63.2 Å². The summed E-state index contributed by atoms with van der Waals surface area (Å²) >= 11 is 5.97. The number of nitrogens with one attached hydrogen (secondary N) is 1. The van der Waals surface area contributed by atoms with Crippen LogP contribution >= 0.6 is 11.6 Å². The highest BCUT2D eigenvalue weighted by molar-refractivity contribution is 6.31. The third kappa shape index (κ3) is 4.55. The van der Waals surface area contributed by atoms with Crippen LogP contribution in [0.4, 0.5) is 15.9 Å².